The number of nitrogens with two attached hydrogens (primary N) is 1. The first-order chi connectivity index (χ1) is 9.13. The fourth-order valence-electron chi connectivity index (χ4n) is 2.31. The Labute approximate surface area is 112 Å². The van der Waals surface area contributed by atoms with E-state index in [0.717, 1.165) is 5.56 Å². The molecule has 1 saturated heterocycles. The maximum Gasteiger partial charge on any atom is 0.224 e. The van der Waals surface area contributed by atoms with Crippen molar-refractivity contribution in [3.63, 3.8) is 0 Å². The summed E-state index contributed by atoms with van der Waals surface area (Å²) in [6, 6.07) is 7.27. The van der Waals surface area contributed by atoms with E-state index in [4.69, 9.17) is 10.5 Å². The van der Waals surface area contributed by atoms with Crippen molar-refractivity contribution in [2.45, 2.75) is 24.8 Å². The van der Waals surface area contributed by atoms with Crippen LogP contribution in [0, 0.1) is 0 Å². The number of hydrogen-bond donors (Lipinski definition) is 3. The van der Waals surface area contributed by atoms with E-state index in [1.807, 2.05) is 12.1 Å². The Balaban J connectivity index is 1.96. The third kappa shape index (κ3) is 3.68. The molecule has 1 fully saturated rings. The molecule has 5 heteroatoms. The van der Waals surface area contributed by atoms with Gasteiger partial charge < -0.3 is 20.9 Å². The Morgan fingerprint density at radius 1 is 1.42 bits per heavy atom. The molecule has 0 aliphatic carbocycles. The predicted octanol–water partition coefficient (Wildman–Crippen LogP) is 0.469. The van der Waals surface area contributed by atoms with Gasteiger partial charge in [-0.25, -0.2) is 0 Å². The first-order valence-electron chi connectivity index (χ1n) is 6.48. The molecule has 1 aliphatic heterocycles. The molecule has 4 N–H and O–H groups in total. The molecule has 5 nitrogen and oxygen atoms in total. The highest BCUT2D eigenvalue weighted by molar-refractivity contribution is 5.79. The molecule has 19 heavy (non-hydrogen) atoms. The monoisotopic (exact) mass is 264 g/mol. The van der Waals surface area contributed by atoms with E-state index in [2.05, 4.69) is 5.32 Å². The van der Waals surface area contributed by atoms with Crippen LogP contribution in [-0.4, -0.2) is 36.4 Å². The van der Waals surface area contributed by atoms with Crippen molar-refractivity contribution >= 4 is 11.6 Å². The Hall–Kier alpha value is -1.59. The smallest absolute Gasteiger partial charge is 0.224 e. The number of carbonyl (C=O) groups excluding carboxylic acids is 1. The molecule has 0 saturated carbocycles. The van der Waals surface area contributed by atoms with E-state index in [1.165, 1.54) is 0 Å². The van der Waals surface area contributed by atoms with E-state index >= 15 is 0 Å². The number of carbonyl (C=O) groups is 1. The van der Waals surface area contributed by atoms with Gasteiger partial charge in [0.2, 0.25) is 5.91 Å². The van der Waals surface area contributed by atoms with Crippen LogP contribution < -0.4 is 11.1 Å². The number of ether oxygens (including phenoxy) is 1. The summed E-state index contributed by atoms with van der Waals surface area (Å²) in [6.45, 7) is 1.08. The van der Waals surface area contributed by atoms with Gasteiger partial charge in [0.25, 0.3) is 0 Å². The minimum Gasteiger partial charge on any atom is -0.399 e. The average molecular weight is 264 g/mol. The van der Waals surface area contributed by atoms with Crippen LogP contribution in [0.3, 0.4) is 0 Å². The Kier molecular flexibility index (Phi) is 4.39. The van der Waals surface area contributed by atoms with Crippen LogP contribution in [0.5, 0.6) is 0 Å². The maximum absolute atomic E-state index is 12.1. The van der Waals surface area contributed by atoms with Crippen molar-refractivity contribution in [3.05, 3.63) is 29.8 Å². The van der Waals surface area contributed by atoms with Crippen molar-refractivity contribution in [3.8, 4) is 0 Å². The zero-order valence-electron chi connectivity index (χ0n) is 10.9. The number of rotatable bonds is 4. The maximum atomic E-state index is 12.1. The standard InChI is InChI=1S/C14H20N2O3/c15-12-3-1-2-11(8-12)9-13(18)16-14(10-17)4-6-19-7-5-14/h1-3,8,17H,4-7,9-10,15H2,(H,16,18). The molecule has 0 radical (unpaired) electrons. The SMILES string of the molecule is Nc1cccc(CC(=O)NC2(CO)CCOCC2)c1. The summed E-state index contributed by atoms with van der Waals surface area (Å²) in [4.78, 5) is 12.1. The van der Waals surface area contributed by atoms with Crippen LogP contribution in [0.15, 0.2) is 24.3 Å². The number of amides is 1. The normalized spacial score (nSPS) is 17.9. The minimum absolute atomic E-state index is 0.0565. The van der Waals surface area contributed by atoms with Crippen LogP contribution in [0.25, 0.3) is 0 Å². The molecule has 2 rings (SSSR count). The van der Waals surface area contributed by atoms with E-state index in [9.17, 15) is 9.90 Å². The van der Waals surface area contributed by atoms with Crippen LogP contribution >= 0.6 is 0 Å². The highest BCUT2D eigenvalue weighted by Crippen LogP contribution is 2.20. The van der Waals surface area contributed by atoms with Gasteiger partial charge in [0.15, 0.2) is 0 Å². The zero-order chi connectivity index (χ0) is 13.7. The van der Waals surface area contributed by atoms with Crippen molar-refractivity contribution in [2.24, 2.45) is 0 Å². The molecule has 1 aromatic rings. The van der Waals surface area contributed by atoms with E-state index in [1.54, 1.807) is 12.1 Å². The third-order valence-corrected chi connectivity index (χ3v) is 3.47. The molecule has 0 unspecified atom stereocenters. The lowest BCUT2D eigenvalue weighted by Gasteiger charge is -2.36. The van der Waals surface area contributed by atoms with Gasteiger partial charge in [0.05, 0.1) is 18.6 Å². The highest BCUT2D eigenvalue weighted by atomic mass is 16.5. The fraction of sp³-hybridized carbons (Fsp3) is 0.500. The highest BCUT2D eigenvalue weighted by Gasteiger charge is 2.33. The lowest BCUT2D eigenvalue weighted by molar-refractivity contribution is -0.124. The second-order valence-electron chi connectivity index (χ2n) is 5.02. The molecule has 1 amide bonds. The number of benzene rings is 1. The largest absolute Gasteiger partial charge is 0.399 e. The van der Waals surface area contributed by atoms with Gasteiger partial charge in [-0.05, 0) is 30.5 Å². The molecule has 0 atom stereocenters. The van der Waals surface area contributed by atoms with Gasteiger partial charge in [0.1, 0.15) is 0 Å². The van der Waals surface area contributed by atoms with Gasteiger partial charge in [-0.2, -0.15) is 0 Å². The summed E-state index contributed by atoms with van der Waals surface area (Å²) in [5.41, 5.74) is 6.67. The number of hydrogen-bond acceptors (Lipinski definition) is 4. The summed E-state index contributed by atoms with van der Waals surface area (Å²) in [5, 5.41) is 12.5. The number of nitrogens with one attached hydrogen (secondary N) is 1. The lowest BCUT2D eigenvalue weighted by Crippen LogP contribution is -2.55. The summed E-state index contributed by atoms with van der Waals surface area (Å²) < 4.78 is 5.26. The topological polar surface area (TPSA) is 84.6 Å². The van der Waals surface area contributed by atoms with E-state index in [0.29, 0.717) is 31.7 Å². The predicted molar refractivity (Wildman–Crippen MR) is 72.6 cm³/mol. The molecule has 104 valence electrons. The Bertz CT molecular complexity index is 442. The quantitative estimate of drug-likeness (QED) is 0.690. The second kappa shape index (κ2) is 6.04. The lowest BCUT2D eigenvalue weighted by atomic mass is 9.90. The van der Waals surface area contributed by atoms with Crippen LogP contribution in [0.1, 0.15) is 18.4 Å². The van der Waals surface area contributed by atoms with E-state index in [-0.39, 0.29) is 18.9 Å². The van der Waals surface area contributed by atoms with Crippen LogP contribution in [0.4, 0.5) is 5.69 Å². The summed E-state index contributed by atoms with van der Waals surface area (Å²) in [5.74, 6) is -0.0958. The molecule has 0 bridgehead atoms. The first-order valence-corrected chi connectivity index (χ1v) is 6.48. The summed E-state index contributed by atoms with van der Waals surface area (Å²) >= 11 is 0. The van der Waals surface area contributed by atoms with Gasteiger partial charge in [-0.15, -0.1) is 0 Å². The van der Waals surface area contributed by atoms with Gasteiger partial charge in [-0.1, -0.05) is 12.1 Å². The first kappa shape index (κ1) is 13.8. The van der Waals surface area contributed by atoms with Crippen molar-refractivity contribution in [2.75, 3.05) is 25.6 Å². The number of aliphatic hydroxyl groups is 1. The molecule has 0 aromatic heterocycles. The second-order valence-corrected chi connectivity index (χ2v) is 5.02. The summed E-state index contributed by atoms with van der Waals surface area (Å²) in [6.07, 6.45) is 1.56. The van der Waals surface area contributed by atoms with Crippen molar-refractivity contribution < 1.29 is 14.6 Å². The van der Waals surface area contributed by atoms with Gasteiger partial charge in [0, 0.05) is 18.9 Å². The number of aliphatic hydroxyl groups excluding tert-OH is 1. The fourth-order valence-corrected chi connectivity index (χ4v) is 2.31. The molecule has 1 heterocycles. The molecular weight excluding hydrogens is 244 g/mol. The minimum atomic E-state index is -0.532. The van der Waals surface area contributed by atoms with E-state index < -0.39 is 5.54 Å². The number of nitrogen functional groups attached to an aromatic ring is 1. The van der Waals surface area contributed by atoms with Crippen LogP contribution in [0.2, 0.25) is 0 Å². The summed E-state index contributed by atoms with van der Waals surface area (Å²) in [7, 11) is 0. The molecule has 1 aliphatic rings. The van der Waals surface area contributed by atoms with Crippen LogP contribution in [-0.2, 0) is 16.0 Å². The van der Waals surface area contributed by atoms with Gasteiger partial charge in [-0.3, -0.25) is 4.79 Å². The molecule has 0 spiro atoms. The Morgan fingerprint density at radius 3 is 2.79 bits per heavy atom. The third-order valence-electron chi connectivity index (χ3n) is 3.47. The number of anilines is 1. The van der Waals surface area contributed by atoms with Crippen molar-refractivity contribution in [1.82, 2.24) is 5.32 Å². The van der Waals surface area contributed by atoms with Gasteiger partial charge >= 0.3 is 0 Å². The Morgan fingerprint density at radius 2 is 2.16 bits per heavy atom. The molecular formula is C14H20N2O3. The molecule has 1 aromatic carbocycles. The van der Waals surface area contributed by atoms with Crippen molar-refractivity contribution in [1.29, 1.82) is 0 Å². The average Bonchev–Trinajstić information content (AvgIpc) is 2.39. The zero-order valence-corrected chi connectivity index (χ0v) is 10.9.